The normalized spacial score (nSPS) is 49.0. The predicted octanol–water partition coefficient (Wildman–Crippen LogP) is 6.86. The van der Waals surface area contributed by atoms with E-state index >= 15 is 0 Å². The molecule has 16 heteroatoms. The van der Waals surface area contributed by atoms with Gasteiger partial charge in [0, 0.05) is 58.8 Å². The summed E-state index contributed by atoms with van der Waals surface area (Å²) in [5.74, 6) is -9.11. The van der Waals surface area contributed by atoms with Gasteiger partial charge in [0.15, 0.2) is 11.2 Å². The van der Waals surface area contributed by atoms with E-state index in [4.69, 9.17) is 38.5 Å². The Labute approximate surface area is 276 Å². The first-order chi connectivity index (χ1) is 22.4. The Morgan fingerprint density at radius 2 is 1.04 bits per heavy atom. The van der Waals surface area contributed by atoms with Crippen molar-refractivity contribution in [2.24, 2.45) is 35.5 Å². The van der Waals surface area contributed by atoms with E-state index < -0.39 is 93.4 Å². The van der Waals surface area contributed by atoms with E-state index in [-0.39, 0.29) is 47.7 Å². The van der Waals surface area contributed by atoms with E-state index in [2.05, 4.69) is 0 Å². The van der Waals surface area contributed by atoms with Crippen molar-refractivity contribution in [1.29, 1.82) is 0 Å². The van der Waals surface area contributed by atoms with Gasteiger partial charge in [-0.15, -0.1) is 0 Å². The Morgan fingerprint density at radius 1 is 0.646 bits per heavy atom. The van der Waals surface area contributed by atoms with Gasteiger partial charge in [-0.1, -0.05) is 13.8 Å². The van der Waals surface area contributed by atoms with Crippen molar-refractivity contribution in [1.82, 2.24) is 0 Å². The van der Waals surface area contributed by atoms with Crippen molar-refractivity contribution in [2.45, 2.75) is 127 Å². The van der Waals surface area contributed by atoms with E-state index in [1.807, 2.05) is 13.8 Å². The standard InChI is InChI=1S/C32H40F6O9S/c1-15-5-7-21-17(23(31(33,34)35)40-25-29(21)19(15)9-11-27(3,42-25)44-46-29)13-48(39)14-18-22-8-6-16(2)20-10-12-28(4)43-26(30(20,22)47-45-28)41-24(18)32(36,37)38/h15-16,19-22,25-26H,5-14H2,1-4H3/t15-,16-,19?,20?,21+,22+,25-,26-,27-,28-,29-,30-,48?/m1/s1. The van der Waals surface area contributed by atoms with Crippen LogP contribution >= 0.6 is 0 Å². The SMILES string of the molecule is C[C@@H]1CC[C@H]2C(CS(=O)CC3=C(C(F)(F)F)O[C@@H]4O[C@@]5(C)CCC6[C@H](C)CC[C@@H]3[C@]64OO5)=C(C(F)(F)F)O[C@@H]3O[C@@]4(C)CCC1[C@]32OO4. The average Bonchev–Trinajstić information content (AvgIpc) is 3.36. The molecule has 4 bridgehead atoms. The lowest BCUT2D eigenvalue weighted by atomic mass is 9.59. The molecule has 0 N–H and O–H groups in total. The molecule has 2 saturated carbocycles. The molecule has 0 aromatic heterocycles. The van der Waals surface area contributed by atoms with Crippen LogP contribution in [0.4, 0.5) is 26.3 Å². The molecule has 48 heavy (non-hydrogen) atoms. The van der Waals surface area contributed by atoms with Gasteiger partial charge >= 0.3 is 12.4 Å². The molecule has 2 spiro atoms. The van der Waals surface area contributed by atoms with Crippen LogP contribution < -0.4 is 0 Å². The molecule has 8 heterocycles. The Kier molecular flexibility index (Phi) is 7.58. The number of halogens is 6. The summed E-state index contributed by atoms with van der Waals surface area (Å²) in [6.45, 7) is 7.16. The second-order valence-electron chi connectivity index (χ2n) is 15.4. The first kappa shape index (κ1) is 33.7. The Morgan fingerprint density at radius 3 is 1.42 bits per heavy atom. The average molecular weight is 715 g/mol. The Balaban J connectivity index is 1.18. The topological polar surface area (TPSA) is 90.9 Å². The fraction of sp³-hybridized carbons (Fsp3) is 0.875. The lowest BCUT2D eigenvalue weighted by Crippen LogP contribution is -2.68. The quantitative estimate of drug-likeness (QED) is 0.229. The molecule has 8 fully saturated rings. The van der Waals surface area contributed by atoms with E-state index in [0.29, 0.717) is 38.5 Å². The molecule has 8 aliphatic heterocycles. The summed E-state index contributed by atoms with van der Waals surface area (Å²) in [4.78, 5) is 23.4. The van der Waals surface area contributed by atoms with Crippen LogP contribution in [0.3, 0.4) is 0 Å². The van der Waals surface area contributed by atoms with Crippen LogP contribution in [-0.2, 0) is 49.3 Å². The van der Waals surface area contributed by atoms with Crippen LogP contribution in [0.15, 0.2) is 22.7 Å². The third-order valence-corrected chi connectivity index (χ3v) is 13.7. The van der Waals surface area contributed by atoms with Crippen LogP contribution in [0.2, 0.25) is 0 Å². The van der Waals surface area contributed by atoms with E-state index in [1.165, 1.54) is 0 Å². The highest BCUT2D eigenvalue weighted by Gasteiger charge is 2.72. The minimum absolute atomic E-state index is 0.0354. The number of rotatable bonds is 4. The first-order valence-corrected chi connectivity index (χ1v) is 18.3. The first-order valence-electron chi connectivity index (χ1n) is 16.8. The number of hydrogen-bond acceptors (Lipinski definition) is 9. The number of ether oxygens (including phenoxy) is 4. The Bertz CT molecular complexity index is 1350. The summed E-state index contributed by atoms with van der Waals surface area (Å²) in [5, 5.41) is 0. The molecule has 0 amide bonds. The van der Waals surface area contributed by atoms with Crippen LogP contribution in [0, 0.1) is 35.5 Å². The van der Waals surface area contributed by atoms with Crippen molar-refractivity contribution >= 4 is 10.8 Å². The molecule has 0 aromatic carbocycles. The molecule has 0 aromatic rings. The van der Waals surface area contributed by atoms with Gasteiger partial charge in [-0.2, -0.15) is 26.3 Å². The maximum absolute atomic E-state index is 14.7. The summed E-state index contributed by atoms with van der Waals surface area (Å²) >= 11 is 0. The lowest BCUT2D eigenvalue weighted by molar-refractivity contribution is -0.557. The maximum atomic E-state index is 14.7. The number of fused-ring (bicyclic) bond motifs is 4. The zero-order valence-corrected chi connectivity index (χ0v) is 27.9. The highest BCUT2D eigenvalue weighted by molar-refractivity contribution is 7.85. The third kappa shape index (κ3) is 4.81. The van der Waals surface area contributed by atoms with Crippen LogP contribution in [-0.4, -0.2) is 63.4 Å². The fourth-order valence-electron chi connectivity index (χ4n) is 10.2. The molecule has 2 unspecified atom stereocenters. The molecule has 0 radical (unpaired) electrons. The Hall–Kier alpha value is -1.43. The molecule has 10 aliphatic rings. The summed E-state index contributed by atoms with van der Waals surface area (Å²) in [7, 11) is -2.28. The minimum Gasteiger partial charge on any atom is -0.456 e. The molecule has 6 saturated heterocycles. The summed E-state index contributed by atoms with van der Waals surface area (Å²) in [6.07, 6.45) is -9.43. The third-order valence-electron chi connectivity index (χ3n) is 12.5. The number of alkyl halides is 6. The molecule has 12 atom stereocenters. The smallest absolute Gasteiger partial charge is 0.449 e. The van der Waals surface area contributed by atoms with Gasteiger partial charge in [-0.05, 0) is 75.4 Å². The second kappa shape index (κ2) is 10.8. The largest absolute Gasteiger partial charge is 0.456 e. The van der Waals surface area contributed by atoms with Gasteiger partial charge in [0.2, 0.25) is 35.7 Å². The zero-order valence-electron chi connectivity index (χ0n) is 27.0. The van der Waals surface area contributed by atoms with E-state index in [9.17, 15) is 30.6 Å². The maximum Gasteiger partial charge on any atom is 0.449 e. The zero-order chi connectivity index (χ0) is 34.2. The minimum atomic E-state index is -4.99. The van der Waals surface area contributed by atoms with E-state index in [1.54, 1.807) is 13.8 Å². The van der Waals surface area contributed by atoms with Crippen molar-refractivity contribution in [3.63, 3.8) is 0 Å². The molecule has 9 nitrogen and oxygen atoms in total. The van der Waals surface area contributed by atoms with Gasteiger partial charge < -0.3 is 18.9 Å². The molecular formula is C32H40F6O9S. The number of allylic oxidation sites excluding steroid dienone is 2. The summed E-state index contributed by atoms with van der Waals surface area (Å²) < 4.78 is 126. The van der Waals surface area contributed by atoms with Crippen LogP contribution in [0.25, 0.3) is 0 Å². The molecular weight excluding hydrogens is 674 g/mol. The molecule has 2 aliphatic carbocycles. The van der Waals surface area contributed by atoms with Gasteiger partial charge in [0.1, 0.15) is 0 Å². The highest BCUT2D eigenvalue weighted by Crippen LogP contribution is 2.63. The van der Waals surface area contributed by atoms with E-state index in [0.717, 1.165) is 0 Å². The number of hydrogen-bond donors (Lipinski definition) is 0. The second-order valence-corrected chi connectivity index (χ2v) is 16.8. The lowest BCUT2D eigenvalue weighted by Gasteiger charge is -2.57. The van der Waals surface area contributed by atoms with Gasteiger partial charge in [0.05, 0.1) is 0 Å². The van der Waals surface area contributed by atoms with Gasteiger partial charge in [-0.25, -0.2) is 19.6 Å². The van der Waals surface area contributed by atoms with Gasteiger partial charge in [0.25, 0.3) is 0 Å². The van der Waals surface area contributed by atoms with Crippen LogP contribution in [0.1, 0.15) is 79.1 Å². The van der Waals surface area contributed by atoms with Gasteiger partial charge in [-0.3, -0.25) is 4.21 Å². The van der Waals surface area contributed by atoms with Crippen molar-refractivity contribution in [3.05, 3.63) is 22.7 Å². The monoisotopic (exact) mass is 714 g/mol. The highest BCUT2D eigenvalue weighted by atomic mass is 32.2. The molecule has 270 valence electrons. The van der Waals surface area contributed by atoms with Crippen molar-refractivity contribution < 1.29 is 69.0 Å². The molecule has 10 rings (SSSR count). The van der Waals surface area contributed by atoms with Crippen LogP contribution in [0.5, 0.6) is 0 Å². The predicted molar refractivity (Wildman–Crippen MR) is 152 cm³/mol. The van der Waals surface area contributed by atoms with Crippen molar-refractivity contribution in [2.75, 3.05) is 11.5 Å². The summed E-state index contributed by atoms with van der Waals surface area (Å²) in [6, 6.07) is 0. The fourth-order valence-corrected chi connectivity index (χ4v) is 11.7. The summed E-state index contributed by atoms with van der Waals surface area (Å²) in [5.41, 5.74) is -3.50. The van der Waals surface area contributed by atoms with Crippen molar-refractivity contribution in [3.8, 4) is 0 Å².